The molecule has 1 atom stereocenters. The van der Waals surface area contributed by atoms with Crippen LogP contribution in [0.4, 0.5) is 6.01 Å². The van der Waals surface area contributed by atoms with E-state index in [-0.39, 0.29) is 18.0 Å². The molecule has 7 nitrogen and oxygen atoms in total. The topological polar surface area (TPSA) is 106 Å². The Morgan fingerprint density at radius 3 is 3.19 bits per heavy atom. The first-order valence-electron chi connectivity index (χ1n) is 5.36. The maximum atomic E-state index is 11.4. The molecule has 2 heterocycles. The zero-order valence-electron chi connectivity index (χ0n) is 8.90. The molecule has 1 aliphatic heterocycles. The molecule has 0 radical (unpaired) electrons. The van der Waals surface area contributed by atoms with Crippen molar-refractivity contribution in [2.75, 3.05) is 18.4 Å². The van der Waals surface area contributed by atoms with Gasteiger partial charge < -0.3 is 20.8 Å². The largest absolute Gasteiger partial charge is 0.408 e. The van der Waals surface area contributed by atoms with Crippen LogP contribution in [0.5, 0.6) is 0 Å². The number of amides is 1. The number of nitrogens with one attached hydrogen (secondary N) is 2. The SMILES string of the molecule is NCCc1nnc(NC2CCCNC2=O)o1. The van der Waals surface area contributed by atoms with Gasteiger partial charge in [-0.2, -0.15) is 0 Å². The molecule has 1 aromatic heterocycles. The summed E-state index contributed by atoms with van der Waals surface area (Å²) in [6, 6.07) is 0.00502. The Hall–Kier alpha value is -1.63. The molecule has 0 saturated carbocycles. The fourth-order valence-corrected chi connectivity index (χ4v) is 1.60. The summed E-state index contributed by atoms with van der Waals surface area (Å²) in [6.45, 7) is 1.20. The molecule has 0 bridgehead atoms. The molecular weight excluding hydrogens is 210 g/mol. The number of hydrogen-bond acceptors (Lipinski definition) is 6. The summed E-state index contributed by atoms with van der Waals surface area (Å²) in [5, 5.41) is 13.3. The van der Waals surface area contributed by atoms with Gasteiger partial charge in [0.05, 0.1) is 0 Å². The standard InChI is InChI=1S/C9H15N5O2/c10-4-3-7-13-14-9(16-7)12-6-2-1-5-11-8(6)15/h6H,1-5,10H2,(H,11,15)(H,12,14). The molecule has 0 aliphatic carbocycles. The highest BCUT2D eigenvalue weighted by atomic mass is 16.4. The van der Waals surface area contributed by atoms with Gasteiger partial charge in [0.15, 0.2) is 0 Å². The Morgan fingerprint density at radius 2 is 2.44 bits per heavy atom. The fourth-order valence-electron chi connectivity index (χ4n) is 1.60. The molecule has 1 aromatic rings. The molecule has 1 unspecified atom stereocenters. The minimum atomic E-state index is -0.278. The minimum Gasteiger partial charge on any atom is -0.408 e. The predicted molar refractivity (Wildman–Crippen MR) is 56.7 cm³/mol. The van der Waals surface area contributed by atoms with E-state index in [1.54, 1.807) is 0 Å². The third-order valence-electron chi connectivity index (χ3n) is 2.41. The quantitative estimate of drug-likeness (QED) is 0.623. The number of hydrogen-bond donors (Lipinski definition) is 3. The zero-order chi connectivity index (χ0) is 11.4. The van der Waals surface area contributed by atoms with Crippen LogP contribution in [0.15, 0.2) is 4.42 Å². The molecule has 4 N–H and O–H groups in total. The Bertz CT molecular complexity index is 365. The summed E-state index contributed by atoms with van der Waals surface area (Å²) >= 11 is 0. The smallest absolute Gasteiger partial charge is 0.316 e. The van der Waals surface area contributed by atoms with Gasteiger partial charge in [-0.1, -0.05) is 5.10 Å². The maximum absolute atomic E-state index is 11.4. The van der Waals surface area contributed by atoms with Crippen molar-refractivity contribution < 1.29 is 9.21 Å². The first-order chi connectivity index (χ1) is 7.79. The van der Waals surface area contributed by atoms with E-state index in [0.29, 0.717) is 18.9 Å². The average Bonchev–Trinajstić information content (AvgIpc) is 2.70. The fraction of sp³-hybridized carbons (Fsp3) is 0.667. The van der Waals surface area contributed by atoms with Gasteiger partial charge in [0.1, 0.15) is 6.04 Å². The van der Waals surface area contributed by atoms with Gasteiger partial charge in [-0.25, -0.2) is 0 Å². The molecule has 16 heavy (non-hydrogen) atoms. The van der Waals surface area contributed by atoms with Crippen LogP contribution in [0.2, 0.25) is 0 Å². The lowest BCUT2D eigenvalue weighted by molar-refractivity contribution is -0.123. The normalized spacial score (nSPS) is 20.6. The summed E-state index contributed by atoms with van der Waals surface area (Å²) < 4.78 is 5.28. The van der Waals surface area contributed by atoms with Crippen molar-refractivity contribution in [1.82, 2.24) is 15.5 Å². The summed E-state index contributed by atoms with van der Waals surface area (Å²) in [7, 11) is 0. The van der Waals surface area contributed by atoms with Crippen molar-refractivity contribution in [3.63, 3.8) is 0 Å². The van der Waals surface area contributed by atoms with Crippen molar-refractivity contribution in [3.8, 4) is 0 Å². The number of piperidine rings is 1. The summed E-state index contributed by atoms with van der Waals surface area (Å²) in [5.74, 6) is 0.464. The van der Waals surface area contributed by atoms with Gasteiger partial charge in [0.2, 0.25) is 11.8 Å². The highest BCUT2D eigenvalue weighted by molar-refractivity contribution is 5.84. The van der Waals surface area contributed by atoms with Crippen molar-refractivity contribution in [3.05, 3.63) is 5.89 Å². The molecule has 1 fully saturated rings. The van der Waals surface area contributed by atoms with Crippen molar-refractivity contribution in [1.29, 1.82) is 0 Å². The van der Waals surface area contributed by atoms with E-state index in [9.17, 15) is 4.79 Å². The molecule has 1 amide bonds. The number of carbonyl (C=O) groups is 1. The van der Waals surface area contributed by atoms with Crippen LogP contribution in [0.25, 0.3) is 0 Å². The monoisotopic (exact) mass is 225 g/mol. The van der Waals surface area contributed by atoms with E-state index in [0.717, 1.165) is 19.4 Å². The second kappa shape index (κ2) is 4.93. The van der Waals surface area contributed by atoms with Crippen LogP contribution in [0.1, 0.15) is 18.7 Å². The summed E-state index contributed by atoms with van der Waals surface area (Å²) in [5.41, 5.74) is 5.36. The van der Waals surface area contributed by atoms with Gasteiger partial charge in [-0.05, 0) is 12.8 Å². The summed E-state index contributed by atoms with van der Waals surface area (Å²) in [4.78, 5) is 11.4. The lowest BCUT2D eigenvalue weighted by atomic mass is 10.1. The number of carbonyl (C=O) groups excluding carboxylic acids is 1. The second-order valence-electron chi connectivity index (χ2n) is 3.67. The van der Waals surface area contributed by atoms with Crippen molar-refractivity contribution in [2.24, 2.45) is 5.73 Å². The van der Waals surface area contributed by atoms with Crippen molar-refractivity contribution in [2.45, 2.75) is 25.3 Å². The van der Waals surface area contributed by atoms with E-state index < -0.39 is 0 Å². The van der Waals surface area contributed by atoms with Gasteiger partial charge in [-0.3, -0.25) is 4.79 Å². The number of aromatic nitrogens is 2. The van der Waals surface area contributed by atoms with Crippen LogP contribution in [-0.2, 0) is 11.2 Å². The van der Waals surface area contributed by atoms with Crippen LogP contribution in [0.3, 0.4) is 0 Å². The molecule has 0 spiro atoms. The molecule has 2 rings (SSSR count). The third-order valence-corrected chi connectivity index (χ3v) is 2.41. The van der Waals surface area contributed by atoms with Crippen LogP contribution >= 0.6 is 0 Å². The minimum absolute atomic E-state index is 0.0233. The average molecular weight is 225 g/mol. The third kappa shape index (κ3) is 2.48. The molecule has 0 aromatic carbocycles. The molecular formula is C9H15N5O2. The Kier molecular flexibility index (Phi) is 3.35. The first-order valence-corrected chi connectivity index (χ1v) is 5.36. The molecule has 1 aliphatic rings. The maximum Gasteiger partial charge on any atom is 0.316 e. The van der Waals surface area contributed by atoms with Crippen molar-refractivity contribution >= 4 is 11.9 Å². The Morgan fingerprint density at radius 1 is 1.56 bits per heavy atom. The number of anilines is 1. The van der Waals surface area contributed by atoms with Gasteiger partial charge in [0.25, 0.3) is 0 Å². The number of nitrogens with two attached hydrogens (primary N) is 1. The molecule has 1 saturated heterocycles. The van der Waals surface area contributed by atoms with E-state index in [2.05, 4.69) is 20.8 Å². The van der Waals surface area contributed by atoms with Crippen LogP contribution in [0, 0.1) is 0 Å². The van der Waals surface area contributed by atoms with E-state index in [1.807, 2.05) is 0 Å². The van der Waals surface area contributed by atoms with Gasteiger partial charge in [-0.15, -0.1) is 5.10 Å². The van der Waals surface area contributed by atoms with E-state index >= 15 is 0 Å². The van der Waals surface area contributed by atoms with Crippen LogP contribution in [-0.4, -0.2) is 35.2 Å². The zero-order valence-corrected chi connectivity index (χ0v) is 8.90. The highest BCUT2D eigenvalue weighted by Gasteiger charge is 2.23. The second-order valence-corrected chi connectivity index (χ2v) is 3.67. The lowest BCUT2D eigenvalue weighted by Gasteiger charge is -2.21. The van der Waals surface area contributed by atoms with Crippen LogP contribution < -0.4 is 16.4 Å². The highest BCUT2D eigenvalue weighted by Crippen LogP contribution is 2.12. The van der Waals surface area contributed by atoms with Gasteiger partial charge in [0, 0.05) is 19.5 Å². The first kappa shape index (κ1) is 10.9. The summed E-state index contributed by atoms with van der Waals surface area (Å²) in [6.07, 6.45) is 2.28. The molecule has 7 heteroatoms. The molecule has 88 valence electrons. The number of nitrogens with zero attached hydrogens (tertiary/aromatic N) is 2. The lowest BCUT2D eigenvalue weighted by Crippen LogP contribution is -2.44. The van der Waals surface area contributed by atoms with Gasteiger partial charge >= 0.3 is 6.01 Å². The number of rotatable bonds is 4. The Labute approximate surface area is 92.8 Å². The van der Waals surface area contributed by atoms with E-state index in [1.165, 1.54) is 0 Å². The predicted octanol–water partition coefficient (Wildman–Crippen LogP) is -0.739. The van der Waals surface area contributed by atoms with E-state index in [4.69, 9.17) is 10.2 Å². The Balaban J connectivity index is 1.94.